The maximum absolute atomic E-state index is 12.1. The first-order chi connectivity index (χ1) is 8.38. The molecule has 0 aromatic heterocycles. The van der Waals surface area contributed by atoms with Crippen LogP contribution in [0, 0.1) is 0 Å². The van der Waals surface area contributed by atoms with Crippen LogP contribution in [0.4, 0.5) is 4.79 Å². The second-order valence-corrected chi connectivity index (χ2v) is 4.39. The molecule has 7 nitrogen and oxygen atoms in total. The Balaban J connectivity index is 2.69. The van der Waals surface area contributed by atoms with Gasteiger partial charge in [0, 0.05) is 27.2 Å². The summed E-state index contributed by atoms with van der Waals surface area (Å²) in [6, 6.07) is -1.27. The summed E-state index contributed by atoms with van der Waals surface area (Å²) in [6.07, 6.45) is 0.333. The molecule has 0 spiro atoms. The highest BCUT2D eigenvalue weighted by Gasteiger charge is 2.31. The Hall–Kier alpha value is -1.79. The molecule has 1 saturated heterocycles. The lowest BCUT2D eigenvalue weighted by Crippen LogP contribution is -2.56. The van der Waals surface area contributed by atoms with Gasteiger partial charge in [0.05, 0.1) is 0 Å². The van der Waals surface area contributed by atoms with Crippen LogP contribution in [0.15, 0.2) is 0 Å². The topological polar surface area (TPSA) is 81.2 Å². The summed E-state index contributed by atoms with van der Waals surface area (Å²) in [6.45, 7) is 2.62. The van der Waals surface area contributed by atoms with E-state index in [1.54, 1.807) is 18.9 Å². The molecule has 1 rings (SSSR count). The van der Waals surface area contributed by atoms with Crippen molar-refractivity contribution in [3.05, 3.63) is 0 Å². The monoisotopic (exact) mass is 257 g/mol. The highest BCUT2D eigenvalue weighted by Crippen LogP contribution is 2.09. The molecule has 3 amide bonds. The third-order valence-corrected chi connectivity index (χ3v) is 3.17. The molecule has 18 heavy (non-hydrogen) atoms. The number of rotatable bonds is 3. The molecule has 0 aliphatic carbocycles. The molecule has 7 heteroatoms. The Morgan fingerprint density at radius 2 is 2.06 bits per heavy atom. The Labute approximate surface area is 106 Å². The fraction of sp³-hybridized carbons (Fsp3) is 0.727. The summed E-state index contributed by atoms with van der Waals surface area (Å²) in [4.78, 5) is 38.7. The third-order valence-electron chi connectivity index (χ3n) is 3.17. The summed E-state index contributed by atoms with van der Waals surface area (Å²) < 4.78 is 0. The van der Waals surface area contributed by atoms with Crippen molar-refractivity contribution in [2.45, 2.75) is 19.4 Å². The lowest BCUT2D eigenvalue weighted by Gasteiger charge is -2.35. The van der Waals surface area contributed by atoms with E-state index in [1.807, 2.05) is 0 Å². The lowest BCUT2D eigenvalue weighted by atomic mass is 10.2. The van der Waals surface area contributed by atoms with Crippen molar-refractivity contribution in [2.75, 3.05) is 33.7 Å². The quantitative estimate of drug-likeness (QED) is 0.751. The van der Waals surface area contributed by atoms with Gasteiger partial charge in [0.1, 0.15) is 12.6 Å². The van der Waals surface area contributed by atoms with Crippen molar-refractivity contribution in [1.29, 1.82) is 0 Å². The average molecular weight is 257 g/mol. The fourth-order valence-electron chi connectivity index (χ4n) is 1.89. The molecule has 1 atom stereocenters. The number of hydrogen-bond donors (Lipinski definition) is 1. The Kier molecular flexibility index (Phi) is 4.52. The average Bonchev–Trinajstić information content (AvgIpc) is 2.32. The van der Waals surface area contributed by atoms with Crippen LogP contribution in [0.5, 0.6) is 0 Å². The number of carboxylic acid groups (broad SMARTS) is 1. The molecule has 0 saturated carbocycles. The van der Waals surface area contributed by atoms with Gasteiger partial charge in [-0.05, 0) is 6.42 Å². The molecule has 1 aliphatic heterocycles. The van der Waals surface area contributed by atoms with Gasteiger partial charge in [0.2, 0.25) is 5.91 Å². The van der Waals surface area contributed by atoms with E-state index in [1.165, 1.54) is 16.8 Å². The Morgan fingerprint density at radius 3 is 2.50 bits per heavy atom. The number of carboxylic acids is 1. The SMILES string of the molecule is CCC(C(=O)O)N(C)C(=O)N1CCN(C)C(=O)C1. The molecular weight excluding hydrogens is 238 g/mol. The largest absolute Gasteiger partial charge is 0.480 e. The standard InChI is InChI=1S/C11H19N3O4/c1-4-8(10(16)17)13(3)11(18)14-6-5-12(2)9(15)7-14/h8H,4-7H2,1-3H3,(H,16,17). The zero-order valence-corrected chi connectivity index (χ0v) is 10.9. The minimum Gasteiger partial charge on any atom is -0.480 e. The first-order valence-corrected chi connectivity index (χ1v) is 5.87. The summed E-state index contributed by atoms with van der Waals surface area (Å²) >= 11 is 0. The lowest BCUT2D eigenvalue weighted by molar-refractivity contribution is -0.142. The van der Waals surface area contributed by atoms with Gasteiger partial charge < -0.3 is 19.8 Å². The number of piperazine rings is 1. The van der Waals surface area contributed by atoms with Gasteiger partial charge in [-0.2, -0.15) is 0 Å². The number of amides is 3. The molecule has 102 valence electrons. The van der Waals surface area contributed by atoms with Gasteiger partial charge in [0.15, 0.2) is 0 Å². The predicted molar refractivity (Wildman–Crippen MR) is 64.1 cm³/mol. The second-order valence-electron chi connectivity index (χ2n) is 4.39. The molecule has 0 bridgehead atoms. The van der Waals surface area contributed by atoms with E-state index in [-0.39, 0.29) is 12.5 Å². The van der Waals surface area contributed by atoms with Gasteiger partial charge in [-0.25, -0.2) is 9.59 Å². The first kappa shape index (κ1) is 14.3. The molecule has 0 radical (unpaired) electrons. The van der Waals surface area contributed by atoms with Gasteiger partial charge in [0.25, 0.3) is 0 Å². The zero-order chi connectivity index (χ0) is 13.9. The summed E-state index contributed by atoms with van der Waals surface area (Å²) in [5.74, 6) is -1.17. The van der Waals surface area contributed by atoms with Crippen molar-refractivity contribution < 1.29 is 19.5 Å². The van der Waals surface area contributed by atoms with Gasteiger partial charge >= 0.3 is 12.0 Å². The van der Waals surface area contributed by atoms with Crippen LogP contribution in [0.3, 0.4) is 0 Å². The predicted octanol–water partition coefficient (Wildman–Crippen LogP) is -0.325. The van der Waals surface area contributed by atoms with Crippen LogP contribution < -0.4 is 0 Å². The summed E-state index contributed by atoms with van der Waals surface area (Å²) in [5, 5.41) is 9.00. The Morgan fingerprint density at radius 1 is 1.44 bits per heavy atom. The van der Waals surface area contributed by atoms with Gasteiger partial charge in [-0.1, -0.05) is 6.92 Å². The molecular formula is C11H19N3O4. The van der Waals surface area contributed by atoms with Crippen molar-refractivity contribution >= 4 is 17.9 Å². The van der Waals surface area contributed by atoms with Crippen LogP contribution in [0.1, 0.15) is 13.3 Å². The highest BCUT2D eigenvalue weighted by molar-refractivity contribution is 5.87. The number of urea groups is 1. The Bertz CT molecular complexity index is 358. The van der Waals surface area contributed by atoms with Gasteiger partial charge in [-0.15, -0.1) is 0 Å². The van der Waals surface area contributed by atoms with Crippen LogP contribution >= 0.6 is 0 Å². The number of carbonyl (C=O) groups excluding carboxylic acids is 2. The number of aliphatic carboxylic acids is 1. The molecule has 1 aliphatic rings. The number of likely N-dealkylation sites (N-methyl/N-ethyl adjacent to an activating group) is 2. The van der Waals surface area contributed by atoms with Crippen LogP contribution in [0.25, 0.3) is 0 Å². The molecule has 1 unspecified atom stereocenters. The molecule has 1 fully saturated rings. The van der Waals surface area contributed by atoms with E-state index >= 15 is 0 Å². The molecule has 1 heterocycles. The van der Waals surface area contributed by atoms with E-state index in [2.05, 4.69) is 0 Å². The number of carbonyl (C=O) groups is 3. The molecule has 0 aromatic carbocycles. The van der Waals surface area contributed by atoms with Crippen molar-refractivity contribution in [1.82, 2.24) is 14.7 Å². The van der Waals surface area contributed by atoms with E-state index in [4.69, 9.17) is 5.11 Å². The normalized spacial score (nSPS) is 17.6. The minimum atomic E-state index is -1.03. The smallest absolute Gasteiger partial charge is 0.326 e. The maximum atomic E-state index is 12.1. The first-order valence-electron chi connectivity index (χ1n) is 5.87. The summed E-state index contributed by atoms with van der Waals surface area (Å²) in [5.41, 5.74) is 0. The number of nitrogens with zero attached hydrogens (tertiary/aromatic N) is 3. The third kappa shape index (κ3) is 2.91. The van der Waals surface area contributed by atoms with Crippen molar-refractivity contribution in [2.24, 2.45) is 0 Å². The van der Waals surface area contributed by atoms with E-state index < -0.39 is 18.0 Å². The molecule has 0 aromatic rings. The summed E-state index contributed by atoms with van der Waals surface area (Å²) in [7, 11) is 3.13. The zero-order valence-electron chi connectivity index (χ0n) is 10.9. The number of hydrogen-bond acceptors (Lipinski definition) is 3. The van der Waals surface area contributed by atoms with E-state index in [0.29, 0.717) is 19.5 Å². The van der Waals surface area contributed by atoms with Crippen molar-refractivity contribution in [3.63, 3.8) is 0 Å². The minimum absolute atomic E-state index is 0.00965. The van der Waals surface area contributed by atoms with E-state index in [0.717, 1.165) is 0 Å². The van der Waals surface area contributed by atoms with Crippen LogP contribution in [0.2, 0.25) is 0 Å². The maximum Gasteiger partial charge on any atom is 0.326 e. The molecule has 1 N–H and O–H groups in total. The van der Waals surface area contributed by atoms with Crippen molar-refractivity contribution in [3.8, 4) is 0 Å². The second kappa shape index (κ2) is 5.70. The fourth-order valence-corrected chi connectivity index (χ4v) is 1.89. The van der Waals surface area contributed by atoms with Gasteiger partial charge in [-0.3, -0.25) is 4.79 Å². The van der Waals surface area contributed by atoms with E-state index in [9.17, 15) is 14.4 Å². The van der Waals surface area contributed by atoms with Crippen LogP contribution in [-0.2, 0) is 9.59 Å². The van der Waals surface area contributed by atoms with Crippen LogP contribution in [-0.4, -0.2) is 77.5 Å². The highest BCUT2D eigenvalue weighted by atomic mass is 16.4.